The van der Waals surface area contributed by atoms with Gasteiger partial charge in [0.05, 0.1) is 5.39 Å². The Morgan fingerprint density at radius 3 is 2.50 bits per heavy atom. The van der Waals surface area contributed by atoms with Crippen LogP contribution in [0.3, 0.4) is 0 Å². The molecule has 2 aromatic heterocycles. The number of halogens is 1. The summed E-state index contributed by atoms with van der Waals surface area (Å²) in [6.07, 6.45) is 3.95. The van der Waals surface area contributed by atoms with Crippen LogP contribution in [0.25, 0.3) is 22.0 Å². The summed E-state index contributed by atoms with van der Waals surface area (Å²) < 4.78 is 16.6. The number of nitrogens with zero attached hydrogens (tertiary/aromatic N) is 3. The van der Waals surface area contributed by atoms with Gasteiger partial charge in [0.1, 0.15) is 5.69 Å². The zero-order chi connectivity index (χ0) is 15.1. The number of benzene rings is 1. The van der Waals surface area contributed by atoms with Crippen molar-refractivity contribution in [2.75, 3.05) is 18.1 Å². The molecule has 0 amide bonds. The summed E-state index contributed by atoms with van der Waals surface area (Å²) >= 11 is 0. The third-order valence-electron chi connectivity index (χ3n) is 4.06. The second-order valence-electron chi connectivity index (χ2n) is 5.37. The lowest BCUT2D eigenvalue weighted by molar-refractivity contribution is 0.457. The summed E-state index contributed by atoms with van der Waals surface area (Å²) in [6.45, 7) is 1.51. The molecular formula is C17H14FN3O. The maximum absolute atomic E-state index is 15.1. The third-order valence-corrected chi connectivity index (χ3v) is 4.06. The van der Waals surface area contributed by atoms with E-state index in [1.807, 2.05) is 35.3 Å². The number of rotatable bonds is 2. The Balaban J connectivity index is 2.13. The molecule has 4 rings (SSSR count). The molecule has 3 aromatic rings. The zero-order valence-electron chi connectivity index (χ0n) is 11.9. The number of hydrogen-bond acceptors (Lipinski definition) is 3. The van der Waals surface area contributed by atoms with Crippen molar-refractivity contribution >= 4 is 10.8 Å². The van der Waals surface area contributed by atoms with Gasteiger partial charge in [0.15, 0.2) is 5.82 Å². The van der Waals surface area contributed by atoms with Crippen LogP contribution in [0.5, 0.6) is 0 Å². The predicted octanol–water partition coefficient (Wildman–Crippen LogP) is 2.54. The molecule has 0 bridgehead atoms. The van der Waals surface area contributed by atoms with Crippen molar-refractivity contribution in [1.29, 1.82) is 0 Å². The molecule has 0 N–H and O–H groups in total. The monoisotopic (exact) mass is 295 g/mol. The van der Waals surface area contributed by atoms with E-state index in [2.05, 4.69) is 4.98 Å². The SMILES string of the molecule is O=c1c2cnccc2c(F)c(-c2ccccc2)n1N1CCC1. The molecule has 0 saturated carbocycles. The van der Waals surface area contributed by atoms with Crippen LogP contribution in [0.4, 0.5) is 4.39 Å². The molecule has 0 unspecified atom stereocenters. The van der Waals surface area contributed by atoms with Gasteiger partial charge in [-0.2, -0.15) is 0 Å². The summed E-state index contributed by atoms with van der Waals surface area (Å²) in [4.78, 5) is 16.8. The fourth-order valence-corrected chi connectivity index (χ4v) is 2.81. The lowest BCUT2D eigenvalue weighted by Crippen LogP contribution is -2.51. The van der Waals surface area contributed by atoms with Crippen LogP contribution < -0.4 is 10.6 Å². The first-order valence-corrected chi connectivity index (χ1v) is 7.26. The van der Waals surface area contributed by atoms with Crippen LogP contribution >= 0.6 is 0 Å². The summed E-state index contributed by atoms with van der Waals surface area (Å²) in [6, 6.07) is 10.8. The van der Waals surface area contributed by atoms with Gasteiger partial charge in [-0.15, -0.1) is 0 Å². The summed E-state index contributed by atoms with van der Waals surface area (Å²) in [5.74, 6) is -0.380. The van der Waals surface area contributed by atoms with Crippen molar-refractivity contribution < 1.29 is 4.39 Å². The minimum atomic E-state index is -0.380. The second kappa shape index (κ2) is 4.94. The van der Waals surface area contributed by atoms with E-state index in [1.165, 1.54) is 17.1 Å². The van der Waals surface area contributed by atoms with Gasteiger partial charge in [-0.05, 0) is 12.5 Å². The Hall–Kier alpha value is -2.69. The van der Waals surface area contributed by atoms with E-state index >= 15 is 4.39 Å². The van der Waals surface area contributed by atoms with Crippen LogP contribution in [0.1, 0.15) is 6.42 Å². The van der Waals surface area contributed by atoms with Gasteiger partial charge in [0, 0.05) is 36.4 Å². The highest BCUT2D eigenvalue weighted by Crippen LogP contribution is 2.27. The Morgan fingerprint density at radius 1 is 1.05 bits per heavy atom. The smallest absolute Gasteiger partial charge is 0.279 e. The molecule has 1 saturated heterocycles. The van der Waals surface area contributed by atoms with Crippen molar-refractivity contribution in [3.63, 3.8) is 0 Å². The van der Waals surface area contributed by atoms with Gasteiger partial charge in [0.2, 0.25) is 0 Å². The first-order chi connectivity index (χ1) is 10.8. The number of aromatic nitrogens is 2. The minimum absolute atomic E-state index is 0.219. The molecule has 0 spiro atoms. The van der Waals surface area contributed by atoms with Gasteiger partial charge >= 0.3 is 0 Å². The molecule has 0 aliphatic carbocycles. The highest BCUT2D eigenvalue weighted by Gasteiger charge is 2.24. The lowest BCUT2D eigenvalue weighted by Gasteiger charge is -2.36. The van der Waals surface area contributed by atoms with E-state index in [1.54, 1.807) is 6.07 Å². The van der Waals surface area contributed by atoms with Crippen molar-refractivity contribution in [3.05, 3.63) is 65.0 Å². The molecule has 1 aliphatic rings. The van der Waals surface area contributed by atoms with E-state index in [-0.39, 0.29) is 11.4 Å². The highest BCUT2D eigenvalue weighted by molar-refractivity contribution is 5.85. The maximum atomic E-state index is 15.1. The lowest BCUT2D eigenvalue weighted by atomic mass is 10.1. The zero-order valence-corrected chi connectivity index (χ0v) is 11.9. The van der Waals surface area contributed by atoms with Gasteiger partial charge < -0.3 is 5.01 Å². The molecule has 4 nitrogen and oxygen atoms in total. The summed E-state index contributed by atoms with van der Waals surface area (Å²) in [7, 11) is 0. The predicted molar refractivity (Wildman–Crippen MR) is 84.0 cm³/mol. The third kappa shape index (κ3) is 1.82. The number of hydrogen-bond donors (Lipinski definition) is 0. The van der Waals surface area contributed by atoms with Crippen LogP contribution in [0.15, 0.2) is 53.6 Å². The Bertz CT molecular complexity index is 901. The Labute approximate surface area is 126 Å². The number of pyridine rings is 2. The molecule has 0 radical (unpaired) electrons. The molecule has 3 heterocycles. The molecule has 1 aromatic carbocycles. The van der Waals surface area contributed by atoms with E-state index < -0.39 is 0 Å². The maximum Gasteiger partial charge on any atom is 0.279 e. The summed E-state index contributed by atoms with van der Waals surface area (Å²) in [5, 5.41) is 2.50. The van der Waals surface area contributed by atoms with Gasteiger partial charge in [0.25, 0.3) is 5.56 Å². The standard InChI is InChI=1S/C17H14FN3O/c18-15-13-7-8-19-11-14(13)17(22)21(20-9-4-10-20)16(15)12-5-2-1-3-6-12/h1-3,5-8,11H,4,9-10H2. The average molecular weight is 295 g/mol. The molecule has 0 atom stereocenters. The van der Waals surface area contributed by atoms with Crippen molar-refractivity contribution in [1.82, 2.24) is 9.66 Å². The minimum Gasteiger partial charge on any atom is -0.309 e. The Kier molecular flexibility index (Phi) is 2.92. The van der Waals surface area contributed by atoms with E-state index in [9.17, 15) is 4.79 Å². The Morgan fingerprint density at radius 2 is 1.82 bits per heavy atom. The van der Waals surface area contributed by atoms with E-state index in [0.717, 1.165) is 19.5 Å². The fourth-order valence-electron chi connectivity index (χ4n) is 2.81. The average Bonchev–Trinajstić information content (AvgIpc) is 2.52. The van der Waals surface area contributed by atoms with Crippen molar-refractivity contribution in [2.24, 2.45) is 0 Å². The first kappa shape index (κ1) is 13.0. The fraction of sp³-hybridized carbons (Fsp3) is 0.176. The molecule has 22 heavy (non-hydrogen) atoms. The largest absolute Gasteiger partial charge is 0.309 e. The van der Waals surface area contributed by atoms with Crippen LogP contribution in [-0.2, 0) is 0 Å². The van der Waals surface area contributed by atoms with Gasteiger partial charge in [-0.25, -0.2) is 9.07 Å². The van der Waals surface area contributed by atoms with Crippen molar-refractivity contribution in [2.45, 2.75) is 6.42 Å². The molecule has 5 heteroatoms. The van der Waals surface area contributed by atoms with Crippen molar-refractivity contribution in [3.8, 4) is 11.3 Å². The quantitative estimate of drug-likeness (QED) is 0.729. The van der Waals surface area contributed by atoms with E-state index in [0.29, 0.717) is 22.0 Å². The first-order valence-electron chi connectivity index (χ1n) is 7.26. The van der Waals surface area contributed by atoms with Crippen LogP contribution in [0, 0.1) is 5.82 Å². The van der Waals surface area contributed by atoms with Crippen LogP contribution in [-0.4, -0.2) is 22.7 Å². The summed E-state index contributed by atoms with van der Waals surface area (Å²) in [5.41, 5.74) is 0.801. The van der Waals surface area contributed by atoms with E-state index in [4.69, 9.17) is 0 Å². The molecule has 1 aliphatic heterocycles. The van der Waals surface area contributed by atoms with Gasteiger partial charge in [-0.3, -0.25) is 9.78 Å². The number of fused-ring (bicyclic) bond motifs is 1. The topological polar surface area (TPSA) is 38.1 Å². The normalized spacial score (nSPS) is 14.1. The molecular weight excluding hydrogens is 281 g/mol. The molecule has 1 fully saturated rings. The van der Waals surface area contributed by atoms with Gasteiger partial charge in [-0.1, -0.05) is 30.3 Å². The highest BCUT2D eigenvalue weighted by atomic mass is 19.1. The second-order valence-corrected chi connectivity index (χ2v) is 5.37. The molecule has 110 valence electrons. The van der Waals surface area contributed by atoms with Crippen LogP contribution in [0.2, 0.25) is 0 Å².